The predicted molar refractivity (Wildman–Crippen MR) is 64.6 cm³/mol. The van der Waals surface area contributed by atoms with E-state index in [4.69, 9.17) is 0 Å². The van der Waals surface area contributed by atoms with Gasteiger partial charge in [-0.2, -0.15) is 17.9 Å². The number of hydrogen-bond acceptors (Lipinski definition) is 4. The molecule has 8 heteroatoms. The summed E-state index contributed by atoms with van der Waals surface area (Å²) in [5.74, 6) is -0.194. The lowest BCUT2D eigenvalue weighted by Crippen LogP contribution is -2.51. The first-order chi connectivity index (χ1) is 7.91. The molecule has 100 valence electrons. The van der Waals surface area contributed by atoms with Crippen LogP contribution in [0.5, 0.6) is 0 Å². The average Bonchev–Trinajstić information content (AvgIpc) is 2.25. The third kappa shape index (κ3) is 5.44. The number of carbonyl (C=O) groups excluding carboxylic acids is 1. The summed E-state index contributed by atoms with van der Waals surface area (Å²) in [6.07, 6.45) is 0. The van der Waals surface area contributed by atoms with Gasteiger partial charge in [-0.25, -0.2) is 0 Å². The van der Waals surface area contributed by atoms with Crippen molar-refractivity contribution in [2.45, 2.75) is 19.9 Å². The summed E-state index contributed by atoms with van der Waals surface area (Å²) >= 11 is 0. The van der Waals surface area contributed by atoms with Gasteiger partial charge in [0.05, 0.1) is 6.54 Å². The number of amides is 1. The standard InChI is InChI=1S/C9H20N4O3S/c1-8(2)12-17(15,16)11-7-9(14)13-5-3-10-4-6-13/h8,10-12H,3-7H2,1-2H3. The van der Waals surface area contributed by atoms with Crippen molar-refractivity contribution >= 4 is 16.1 Å². The lowest BCUT2D eigenvalue weighted by Gasteiger charge is -2.27. The zero-order valence-corrected chi connectivity index (χ0v) is 11.0. The van der Waals surface area contributed by atoms with Crippen LogP contribution in [0.25, 0.3) is 0 Å². The maximum absolute atomic E-state index is 11.7. The second kappa shape index (κ2) is 6.29. The Morgan fingerprint density at radius 3 is 2.47 bits per heavy atom. The fourth-order valence-corrected chi connectivity index (χ4v) is 2.55. The molecule has 0 atom stereocenters. The monoisotopic (exact) mass is 264 g/mol. The fourth-order valence-electron chi connectivity index (χ4n) is 1.53. The fraction of sp³-hybridized carbons (Fsp3) is 0.889. The van der Waals surface area contributed by atoms with Crippen molar-refractivity contribution in [3.63, 3.8) is 0 Å². The van der Waals surface area contributed by atoms with Crippen LogP contribution in [0.4, 0.5) is 0 Å². The van der Waals surface area contributed by atoms with Crippen LogP contribution in [0.2, 0.25) is 0 Å². The van der Waals surface area contributed by atoms with Gasteiger partial charge in [-0.1, -0.05) is 0 Å². The van der Waals surface area contributed by atoms with Gasteiger partial charge in [0, 0.05) is 32.2 Å². The molecule has 17 heavy (non-hydrogen) atoms. The number of nitrogens with zero attached hydrogens (tertiary/aromatic N) is 1. The molecule has 0 bridgehead atoms. The molecule has 3 N–H and O–H groups in total. The van der Waals surface area contributed by atoms with Crippen molar-refractivity contribution < 1.29 is 13.2 Å². The van der Waals surface area contributed by atoms with Crippen LogP contribution in [0, 0.1) is 0 Å². The van der Waals surface area contributed by atoms with E-state index >= 15 is 0 Å². The second-order valence-electron chi connectivity index (χ2n) is 4.23. The first kappa shape index (κ1) is 14.4. The minimum Gasteiger partial charge on any atom is -0.339 e. The molecule has 1 rings (SSSR count). The van der Waals surface area contributed by atoms with E-state index in [2.05, 4.69) is 14.8 Å². The van der Waals surface area contributed by atoms with E-state index in [1.54, 1.807) is 18.7 Å². The van der Waals surface area contributed by atoms with E-state index in [9.17, 15) is 13.2 Å². The van der Waals surface area contributed by atoms with Gasteiger partial charge in [0.25, 0.3) is 10.2 Å². The molecule has 7 nitrogen and oxygen atoms in total. The van der Waals surface area contributed by atoms with Gasteiger partial charge >= 0.3 is 0 Å². The van der Waals surface area contributed by atoms with Gasteiger partial charge in [-0.3, -0.25) is 4.79 Å². The highest BCUT2D eigenvalue weighted by atomic mass is 32.2. The third-order valence-electron chi connectivity index (χ3n) is 2.27. The minimum absolute atomic E-state index is 0.192. The van der Waals surface area contributed by atoms with Crippen molar-refractivity contribution in [3.05, 3.63) is 0 Å². The molecular formula is C9H20N4O3S. The highest BCUT2D eigenvalue weighted by Gasteiger charge is 2.18. The lowest BCUT2D eigenvalue weighted by molar-refractivity contribution is -0.130. The van der Waals surface area contributed by atoms with Crippen molar-refractivity contribution in [1.29, 1.82) is 0 Å². The Kier molecular flexibility index (Phi) is 5.31. The number of carbonyl (C=O) groups is 1. The van der Waals surface area contributed by atoms with Crippen LogP contribution >= 0.6 is 0 Å². The molecule has 0 radical (unpaired) electrons. The number of nitrogens with one attached hydrogen (secondary N) is 3. The maximum atomic E-state index is 11.7. The normalized spacial score (nSPS) is 17.5. The van der Waals surface area contributed by atoms with Crippen LogP contribution in [0.1, 0.15) is 13.8 Å². The van der Waals surface area contributed by atoms with Crippen molar-refractivity contribution in [1.82, 2.24) is 19.7 Å². The van der Waals surface area contributed by atoms with Crippen molar-refractivity contribution in [3.8, 4) is 0 Å². The van der Waals surface area contributed by atoms with Crippen LogP contribution in [0.15, 0.2) is 0 Å². The first-order valence-electron chi connectivity index (χ1n) is 5.66. The Hall–Kier alpha value is -0.700. The van der Waals surface area contributed by atoms with Gasteiger partial charge in [0.2, 0.25) is 5.91 Å². The number of piperazine rings is 1. The Morgan fingerprint density at radius 1 is 1.35 bits per heavy atom. The molecule has 1 fully saturated rings. The quantitative estimate of drug-likeness (QED) is 0.549. The number of rotatable bonds is 5. The third-order valence-corrected chi connectivity index (χ3v) is 3.58. The molecule has 0 aliphatic carbocycles. The molecule has 1 aliphatic heterocycles. The average molecular weight is 264 g/mol. The van der Waals surface area contributed by atoms with E-state index in [0.29, 0.717) is 13.1 Å². The van der Waals surface area contributed by atoms with Crippen LogP contribution in [-0.4, -0.2) is 58.0 Å². The lowest BCUT2D eigenvalue weighted by atomic mass is 10.3. The highest BCUT2D eigenvalue weighted by Crippen LogP contribution is 1.93. The summed E-state index contributed by atoms with van der Waals surface area (Å²) in [6, 6.07) is -0.193. The van der Waals surface area contributed by atoms with E-state index in [1.165, 1.54) is 0 Å². The van der Waals surface area contributed by atoms with Crippen molar-refractivity contribution in [2.24, 2.45) is 0 Å². The Bertz CT molecular complexity index is 349. The van der Waals surface area contributed by atoms with Crippen molar-refractivity contribution in [2.75, 3.05) is 32.7 Å². The molecule has 0 aromatic carbocycles. The summed E-state index contributed by atoms with van der Waals surface area (Å²) in [5.41, 5.74) is 0. The van der Waals surface area contributed by atoms with E-state index in [0.717, 1.165) is 13.1 Å². The Morgan fingerprint density at radius 2 is 1.94 bits per heavy atom. The molecule has 0 aromatic heterocycles. The number of hydrogen-bond donors (Lipinski definition) is 3. The Labute approximate surface area is 102 Å². The van der Waals surface area contributed by atoms with E-state index in [1.807, 2.05) is 0 Å². The van der Waals surface area contributed by atoms with E-state index in [-0.39, 0.29) is 18.5 Å². The van der Waals surface area contributed by atoms with Crippen LogP contribution in [-0.2, 0) is 15.0 Å². The van der Waals surface area contributed by atoms with Gasteiger partial charge in [-0.05, 0) is 13.8 Å². The molecule has 0 aromatic rings. The predicted octanol–water partition coefficient (Wildman–Crippen LogP) is -1.75. The maximum Gasteiger partial charge on any atom is 0.277 e. The largest absolute Gasteiger partial charge is 0.339 e. The van der Waals surface area contributed by atoms with Gasteiger partial charge in [-0.15, -0.1) is 0 Å². The summed E-state index contributed by atoms with van der Waals surface area (Å²) in [7, 11) is -3.58. The molecule has 1 aliphatic rings. The van der Waals surface area contributed by atoms with Crippen LogP contribution in [0.3, 0.4) is 0 Å². The van der Waals surface area contributed by atoms with Crippen LogP contribution < -0.4 is 14.8 Å². The zero-order chi connectivity index (χ0) is 12.9. The van der Waals surface area contributed by atoms with E-state index < -0.39 is 10.2 Å². The SMILES string of the molecule is CC(C)NS(=O)(=O)NCC(=O)N1CCNCC1. The molecule has 0 saturated carbocycles. The minimum atomic E-state index is -3.58. The zero-order valence-electron chi connectivity index (χ0n) is 10.2. The van der Waals surface area contributed by atoms with Gasteiger partial charge in [0.15, 0.2) is 0 Å². The molecule has 1 heterocycles. The summed E-state index contributed by atoms with van der Waals surface area (Å²) in [4.78, 5) is 13.3. The smallest absolute Gasteiger partial charge is 0.277 e. The molecule has 1 amide bonds. The topological polar surface area (TPSA) is 90.5 Å². The van der Waals surface area contributed by atoms with Gasteiger partial charge in [0.1, 0.15) is 0 Å². The Balaban J connectivity index is 2.36. The first-order valence-corrected chi connectivity index (χ1v) is 7.14. The summed E-state index contributed by atoms with van der Waals surface area (Å²) in [5, 5.41) is 3.12. The highest BCUT2D eigenvalue weighted by molar-refractivity contribution is 7.87. The molecule has 0 unspecified atom stereocenters. The summed E-state index contributed by atoms with van der Waals surface area (Å²) < 4.78 is 27.4. The molecule has 1 saturated heterocycles. The van der Waals surface area contributed by atoms with Gasteiger partial charge < -0.3 is 10.2 Å². The summed E-state index contributed by atoms with van der Waals surface area (Å²) in [6.45, 7) is 6.00. The second-order valence-corrected chi connectivity index (χ2v) is 5.76. The molecular weight excluding hydrogens is 244 g/mol. The molecule has 0 spiro atoms.